The molecule has 0 saturated carbocycles. The summed E-state index contributed by atoms with van der Waals surface area (Å²) in [6.07, 6.45) is 0.793. The summed E-state index contributed by atoms with van der Waals surface area (Å²) >= 11 is 3.10. The van der Waals surface area contributed by atoms with Crippen LogP contribution in [0.4, 0.5) is 0 Å². The van der Waals surface area contributed by atoms with Gasteiger partial charge < -0.3 is 0 Å². The maximum atomic E-state index is 12.6. The Kier molecular flexibility index (Phi) is 4.60. The Morgan fingerprint density at radius 1 is 1.23 bits per heavy atom. The summed E-state index contributed by atoms with van der Waals surface area (Å²) < 4.78 is 2.42. The van der Waals surface area contributed by atoms with Gasteiger partial charge in [0.05, 0.1) is 5.69 Å². The molecule has 132 valence electrons. The lowest BCUT2D eigenvalue weighted by Gasteiger charge is -2.03. The van der Waals surface area contributed by atoms with Crippen LogP contribution < -0.4 is 5.56 Å². The van der Waals surface area contributed by atoms with Crippen LogP contribution in [0.1, 0.15) is 23.3 Å². The first kappa shape index (κ1) is 17.0. The van der Waals surface area contributed by atoms with E-state index in [0.29, 0.717) is 11.4 Å². The third-order valence-corrected chi connectivity index (χ3v) is 6.02. The van der Waals surface area contributed by atoms with Crippen LogP contribution in [0.2, 0.25) is 0 Å². The number of hydrogen-bond acceptors (Lipinski definition) is 6. The van der Waals surface area contributed by atoms with Crippen molar-refractivity contribution < 1.29 is 0 Å². The number of fused-ring (bicyclic) bond motifs is 1. The third-order valence-electron chi connectivity index (χ3n) is 4.01. The third kappa shape index (κ3) is 3.17. The van der Waals surface area contributed by atoms with Gasteiger partial charge in [0, 0.05) is 23.1 Å². The average molecular weight is 384 g/mol. The zero-order chi connectivity index (χ0) is 18.1. The molecule has 0 aliphatic carbocycles. The number of H-pyrrole nitrogens is 1. The lowest BCUT2D eigenvalue weighted by Crippen LogP contribution is -2.15. The fourth-order valence-corrected chi connectivity index (χ4v) is 4.55. The van der Waals surface area contributed by atoms with Crippen molar-refractivity contribution in [3.63, 3.8) is 0 Å². The Balaban J connectivity index is 1.78. The second kappa shape index (κ2) is 7.05. The molecule has 0 radical (unpaired) electrons. The molecule has 1 N–H and O–H groups in total. The fourth-order valence-electron chi connectivity index (χ4n) is 2.84. The monoisotopic (exact) mass is 383 g/mol. The Morgan fingerprint density at radius 3 is 2.73 bits per heavy atom. The first-order chi connectivity index (χ1) is 12.7. The van der Waals surface area contributed by atoms with Crippen molar-refractivity contribution >= 4 is 28.7 Å². The zero-order valence-electron chi connectivity index (χ0n) is 14.4. The predicted molar refractivity (Wildman–Crippen MR) is 105 cm³/mol. The van der Waals surface area contributed by atoms with E-state index in [1.165, 1.54) is 4.52 Å². The maximum Gasteiger partial charge on any atom is 0.272 e. The molecule has 0 amide bonds. The van der Waals surface area contributed by atoms with Gasteiger partial charge in [-0.05, 0) is 18.9 Å². The summed E-state index contributed by atoms with van der Waals surface area (Å²) in [4.78, 5) is 17.4. The van der Waals surface area contributed by atoms with Crippen molar-refractivity contribution in [2.75, 3.05) is 0 Å². The van der Waals surface area contributed by atoms with Crippen LogP contribution in [0.3, 0.4) is 0 Å². The molecule has 0 saturated heterocycles. The van der Waals surface area contributed by atoms with Gasteiger partial charge in [0.25, 0.3) is 5.56 Å². The Labute approximate surface area is 158 Å². The van der Waals surface area contributed by atoms with Gasteiger partial charge in [-0.2, -0.15) is 0 Å². The molecule has 0 fully saturated rings. The summed E-state index contributed by atoms with van der Waals surface area (Å²) in [7, 11) is 0. The lowest BCUT2D eigenvalue weighted by atomic mass is 10.0. The summed E-state index contributed by atoms with van der Waals surface area (Å²) in [5.41, 5.74) is 4.36. The van der Waals surface area contributed by atoms with Crippen LogP contribution in [0.25, 0.3) is 16.8 Å². The van der Waals surface area contributed by atoms with Crippen molar-refractivity contribution in [1.82, 2.24) is 24.8 Å². The number of aromatic nitrogens is 5. The van der Waals surface area contributed by atoms with E-state index in [9.17, 15) is 4.79 Å². The molecular weight excluding hydrogens is 366 g/mol. The number of nitrogens with one attached hydrogen (secondary N) is 1. The van der Waals surface area contributed by atoms with Crippen molar-refractivity contribution in [1.29, 1.82) is 0 Å². The van der Waals surface area contributed by atoms with E-state index in [0.717, 1.165) is 38.3 Å². The van der Waals surface area contributed by atoms with E-state index in [4.69, 9.17) is 4.98 Å². The van der Waals surface area contributed by atoms with E-state index in [2.05, 4.69) is 22.2 Å². The summed E-state index contributed by atoms with van der Waals surface area (Å²) in [5.74, 6) is 0.585. The predicted octanol–water partition coefficient (Wildman–Crippen LogP) is 3.70. The lowest BCUT2D eigenvalue weighted by molar-refractivity contribution is 0.851. The van der Waals surface area contributed by atoms with E-state index < -0.39 is 0 Å². The highest BCUT2D eigenvalue weighted by molar-refractivity contribution is 8.00. The van der Waals surface area contributed by atoms with Crippen molar-refractivity contribution in [2.24, 2.45) is 0 Å². The van der Waals surface area contributed by atoms with Crippen LogP contribution in [0.5, 0.6) is 0 Å². The van der Waals surface area contributed by atoms with Crippen molar-refractivity contribution in [2.45, 2.75) is 30.4 Å². The minimum Gasteiger partial charge on any atom is -0.293 e. The van der Waals surface area contributed by atoms with Crippen molar-refractivity contribution in [3.05, 3.63) is 63.1 Å². The highest BCUT2D eigenvalue weighted by Crippen LogP contribution is 2.29. The first-order valence-electron chi connectivity index (χ1n) is 8.27. The molecular formula is C18H17N5OS2. The molecule has 0 aliphatic heterocycles. The quantitative estimate of drug-likeness (QED) is 0.532. The molecule has 1 aromatic carbocycles. The molecule has 3 aromatic heterocycles. The fraction of sp³-hybridized carbons (Fsp3) is 0.222. The molecule has 3 heterocycles. The highest BCUT2D eigenvalue weighted by Gasteiger charge is 2.16. The van der Waals surface area contributed by atoms with E-state index in [1.54, 1.807) is 29.2 Å². The molecule has 8 heteroatoms. The molecule has 6 nitrogen and oxygen atoms in total. The zero-order valence-corrected chi connectivity index (χ0v) is 16.0. The van der Waals surface area contributed by atoms with Gasteiger partial charge in [-0.1, -0.05) is 60.4 Å². The molecule has 4 rings (SSSR count). The summed E-state index contributed by atoms with van der Waals surface area (Å²) in [6, 6.07) is 11.6. The first-order valence-corrected chi connectivity index (χ1v) is 10.1. The normalized spacial score (nSPS) is 11.3. The van der Waals surface area contributed by atoms with Crippen LogP contribution in [0.15, 0.2) is 45.5 Å². The minimum absolute atomic E-state index is 0.101. The number of aromatic amines is 1. The smallest absolute Gasteiger partial charge is 0.272 e. The van der Waals surface area contributed by atoms with E-state index in [-0.39, 0.29) is 5.56 Å². The molecule has 0 spiro atoms. The molecule has 0 unspecified atom stereocenters. The summed E-state index contributed by atoms with van der Waals surface area (Å²) in [5, 5.41) is 12.3. The number of hydrogen-bond donors (Lipinski definition) is 1. The van der Waals surface area contributed by atoms with Gasteiger partial charge in [0.15, 0.2) is 9.99 Å². The number of nitrogens with zero attached hydrogens (tertiary/aromatic N) is 4. The van der Waals surface area contributed by atoms with Gasteiger partial charge in [-0.25, -0.2) is 9.50 Å². The van der Waals surface area contributed by atoms with Gasteiger partial charge in [-0.3, -0.25) is 9.89 Å². The maximum absolute atomic E-state index is 12.6. The molecule has 0 atom stereocenters. The number of aryl methyl sites for hydroxylation is 2. The Hall–Kier alpha value is -2.45. The van der Waals surface area contributed by atoms with Gasteiger partial charge in [-0.15, -0.1) is 10.2 Å². The largest absolute Gasteiger partial charge is 0.293 e. The minimum atomic E-state index is -0.101. The Bertz CT molecular complexity index is 1110. The molecule has 4 aromatic rings. The van der Waals surface area contributed by atoms with Gasteiger partial charge in [0.1, 0.15) is 5.01 Å². The highest BCUT2D eigenvalue weighted by atomic mass is 32.2. The summed E-state index contributed by atoms with van der Waals surface area (Å²) in [6.45, 7) is 3.99. The van der Waals surface area contributed by atoms with E-state index in [1.807, 2.05) is 37.3 Å². The standard InChI is InChI=1S/C18H17N5OS2/c1-3-14-16(12-7-5-4-6-8-12)17-19-13(9-15(24)23(17)22-14)10-25-18-21-20-11(2)26-18/h4-9,22H,3,10H2,1-2H3. The van der Waals surface area contributed by atoms with Crippen LogP contribution in [0, 0.1) is 6.92 Å². The number of thioether (sulfide) groups is 1. The van der Waals surface area contributed by atoms with E-state index >= 15 is 0 Å². The van der Waals surface area contributed by atoms with Gasteiger partial charge >= 0.3 is 0 Å². The Morgan fingerprint density at radius 2 is 2.04 bits per heavy atom. The molecule has 26 heavy (non-hydrogen) atoms. The van der Waals surface area contributed by atoms with Gasteiger partial charge in [0.2, 0.25) is 0 Å². The molecule has 0 aliphatic rings. The second-order valence-electron chi connectivity index (χ2n) is 5.81. The topological polar surface area (TPSA) is 75.9 Å². The second-order valence-corrected chi connectivity index (χ2v) is 8.21. The average Bonchev–Trinajstić information content (AvgIpc) is 3.24. The van der Waals surface area contributed by atoms with Crippen LogP contribution in [-0.4, -0.2) is 24.8 Å². The van der Waals surface area contributed by atoms with Crippen molar-refractivity contribution in [3.8, 4) is 11.1 Å². The van der Waals surface area contributed by atoms with Crippen LogP contribution >= 0.6 is 23.1 Å². The van der Waals surface area contributed by atoms with Crippen LogP contribution in [-0.2, 0) is 12.2 Å². The number of rotatable bonds is 5. The molecule has 0 bridgehead atoms. The number of benzene rings is 1. The SMILES string of the molecule is CCc1[nH]n2c(=O)cc(CSc3nnc(C)s3)nc2c1-c1ccccc1.